The molecule has 1 atom stereocenters. The molecular formula is C16H34N2O3. The number of unbranched alkanes of at least 4 members (excludes halogenated alkanes) is 1. The molecule has 0 aromatic heterocycles. The average molecular weight is 302 g/mol. The predicted octanol–water partition coefficient (Wildman–Crippen LogP) is 2.23. The number of methoxy groups -OCH3 is 1. The number of nitrogens with one attached hydrogen (secondary N) is 1. The number of hydrogen-bond acceptors (Lipinski definition) is 4. The summed E-state index contributed by atoms with van der Waals surface area (Å²) in [7, 11) is 1.71. The third-order valence-electron chi connectivity index (χ3n) is 3.77. The summed E-state index contributed by atoms with van der Waals surface area (Å²) in [6.45, 7) is 11.4. The maximum Gasteiger partial charge on any atom is 0.237 e. The fourth-order valence-corrected chi connectivity index (χ4v) is 2.11. The SMILES string of the molecule is COC(C)(C)CCOCCCCC(C)(NC(C)C)C(N)=O. The van der Waals surface area contributed by atoms with E-state index in [4.69, 9.17) is 15.2 Å². The molecule has 21 heavy (non-hydrogen) atoms. The molecule has 0 bridgehead atoms. The largest absolute Gasteiger partial charge is 0.381 e. The normalized spacial score (nSPS) is 15.2. The number of hydrogen-bond donors (Lipinski definition) is 2. The van der Waals surface area contributed by atoms with Gasteiger partial charge in [-0.1, -0.05) is 0 Å². The molecule has 3 N–H and O–H groups in total. The molecule has 0 aromatic rings. The van der Waals surface area contributed by atoms with Crippen LogP contribution >= 0.6 is 0 Å². The van der Waals surface area contributed by atoms with Crippen molar-refractivity contribution < 1.29 is 14.3 Å². The van der Waals surface area contributed by atoms with E-state index in [1.165, 1.54) is 0 Å². The first-order valence-electron chi connectivity index (χ1n) is 7.83. The highest BCUT2D eigenvalue weighted by Gasteiger charge is 2.30. The van der Waals surface area contributed by atoms with Crippen LogP contribution in [0, 0.1) is 0 Å². The molecule has 0 saturated carbocycles. The Morgan fingerprint density at radius 1 is 1.14 bits per heavy atom. The van der Waals surface area contributed by atoms with Gasteiger partial charge in [0.15, 0.2) is 0 Å². The van der Waals surface area contributed by atoms with Crippen molar-refractivity contribution in [3.05, 3.63) is 0 Å². The first kappa shape index (κ1) is 20.3. The highest BCUT2D eigenvalue weighted by Crippen LogP contribution is 2.15. The van der Waals surface area contributed by atoms with Gasteiger partial charge in [0.25, 0.3) is 0 Å². The van der Waals surface area contributed by atoms with Crippen LogP contribution < -0.4 is 11.1 Å². The van der Waals surface area contributed by atoms with Crippen molar-refractivity contribution in [1.29, 1.82) is 0 Å². The van der Waals surface area contributed by atoms with Gasteiger partial charge in [0.2, 0.25) is 5.91 Å². The molecule has 0 aliphatic heterocycles. The molecule has 0 aliphatic carbocycles. The Morgan fingerprint density at radius 2 is 1.76 bits per heavy atom. The molecular weight excluding hydrogens is 268 g/mol. The molecule has 0 aromatic carbocycles. The van der Waals surface area contributed by atoms with Crippen LogP contribution in [0.25, 0.3) is 0 Å². The molecule has 0 spiro atoms. The number of amides is 1. The van der Waals surface area contributed by atoms with Crippen LogP contribution in [0.15, 0.2) is 0 Å². The third-order valence-corrected chi connectivity index (χ3v) is 3.77. The molecule has 1 amide bonds. The predicted molar refractivity (Wildman–Crippen MR) is 86.2 cm³/mol. The van der Waals surface area contributed by atoms with E-state index in [1.54, 1.807) is 7.11 Å². The summed E-state index contributed by atoms with van der Waals surface area (Å²) in [5, 5.41) is 3.25. The maximum absolute atomic E-state index is 11.6. The summed E-state index contributed by atoms with van der Waals surface area (Å²) in [5.41, 5.74) is 4.73. The van der Waals surface area contributed by atoms with Crippen molar-refractivity contribution in [2.75, 3.05) is 20.3 Å². The number of rotatable bonds is 12. The van der Waals surface area contributed by atoms with Gasteiger partial charge in [0.05, 0.1) is 11.1 Å². The Kier molecular flexibility index (Phi) is 9.09. The Bertz CT molecular complexity index is 306. The lowest BCUT2D eigenvalue weighted by molar-refractivity contribution is -0.124. The van der Waals surface area contributed by atoms with E-state index in [2.05, 4.69) is 5.32 Å². The van der Waals surface area contributed by atoms with Gasteiger partial charge in [-0.2, -0.15) is 0 Å². The fraction of sp³-hybridized carbons (Fsp3) is 0.938. The minimum absolute atomic E-state index is 0.133. The standard InChI is InChI=1S/C16H34N2O3/c1-13(2)18-16(5,14(17)19)9-7-8-11-21-12-10-15(3,4)20-6/h13,18H,7-12H2,1-6H3,(H2,17,19). The fourth-order valence-electron chi connectivity index (χ4n) is 2.11. The van der Waals surface area contributed by atoms with Gasteiger partial charge in [-0.05, 0) is 60.3 Å². The van der Waals surface area contributed by atoms with Gasteiger partial charge in [0.1, 0.15) is 0 Å². The summed E-state index contributed by atoms with van der Waals surface area (Å²) >= 11 is 0. The summed E-state index contributed by atoms with van der Waals surface area (Å²) in [5.74, 6) is -0.293. The van der Waals surface area contributed by atoms with E-state index in [9.17, 15) is 4.79 Å². The molecule has 0 fully saturated rings. The summed E-state index contributed by atoms with van der Waals surface area (Å²) in [4.78, 5) is 11.6. The lowest BCUT2D eigenvalue weighted by atomic mass is 9.93. The number of primary amides is 1. The lowest BCUT2D eigenvalue weighted by Gasteiger charge is -2.29. The van der Waals surface area contributed by atoms with Gasteiger partial charge in [-0.15, -0.1) is 0 Å². The maximum atomic E-state index is 11.6. The molecule has 0 rings (SSSR count). The third kappa shape index (κ3) is 9.06. The van der Waals surface area contributed by atoms with Crippen LogP contribution in [0.5, 0.6) is 0 Å². The summed E-state index contributed by atoms with van der Waals surface area (Å²) in [6.07, 6.45) is 3.44. The van der Waals surface area contributed by atoms with Gasteiger partial charge < -0.3 is 20.5 Å². The van der Waals surface area contributed by atoms with E-state index >= 15 is 0 Å². The van der Waals surface area contributed by atoms with E-state index in [-0.39, 0.29) is 17.6 Å². The quantitative estimate of drug-likeness (QED) is 0.542. The van der Waals surface area contributed by atoms with Gasteiger partial charge in [-0.25, -0.2) is 0 Å². The van der Waals surface area contributed by atoms with Crippen LogP contribution in [0.3, 0.4) is 0 Å². The van der Waals surface area contributed by atoms with Crippen LogP contribution in [0.4, 0.5) is 0 Å². The highest BCUT2D eigenvalue weighted by atomic mass is 16.5. The van der Waals surface area contributed by atoms with Gasteiger partial charge >= 0.3 is 0 Å². The Hall–Kier alpha value is -0.650. The summed E-state index contributed by atoms with van der Waals surface area (Å²) < 4.78 is 10.9. The molecule has 126 valence electrons. The molecule has 5 nitrogen and oxygen atoms in total. The first-order chi connectivity index (χ1) is 9.63. The van der Waals surface area contributed by atoms with E-state index in [0.29, 0.717) is 13.2 Å². The second kappa shape index (κ2) is 9.38. The van der Waals surface area contributed by atoms with Gasteiger partial charge in [-0.3, -0.25) is 4.79 Å². The second-order valence-electron chi connectivity index (χ2n) is 6.78. The highest BCUT2D eigenvalue weighted by molar-refractivity contribution is 5.84. The summed E-state index contributed by atoms with van der Waals surface area (Å²) in [6, 6.07) is 0.232. The molecule has 0 saturated heterocycles. The van der Waals surface area contributed by atoms with Crippen LogP contribution in [-0.4, -0.2) is 43.4 Å². The Labute approximate surface area is 129 Å². The molecule has 5 heteroatoms. The number of nitrogens with two attached hydrogens (primary N) is 1. The van der Waals surface area contributed by atoms with Crippen molar-refractivity contribution in [3.63, 3.8) is 0 Å². The van der Waals surface area contributed by atoms with Crippen molar-refractivity contribution in [2.24, 2.45) is 5.73 Å². The first-order valence-corrected chi connectivity index (χ1v) is 7.83. The van der Waals surface area contributed by atoms with E-state index < -0.39 is 5.54 Å². The zero-order valence-corrected chi connectivity index (χ0v) is 14.6. The second-order valence-corrected chi connectivity index (χ2v) is 6.78. The minimum atomic E-state index is -0.633. The van der Waals surface area contributed by atoms with Gasteiger partial charge in [0, 0.05) is 26.4 Å². The van der Waals surface area contributed by atoms with Crippen LogP contribution in [-0.2, 0) is 14.3 Å². The molecule has 1 unspecified atom stereocenters. The lowest BCUT2D eigenvalue weighted by Crippen LogP contribution is -2.55. The zero-order chi connectivity index (χ0) is 16.5. The minimum Gasteiger partial charge on any atom is -0.381 e. The van der Waals surface area contributed by atoms with E-state index in [0.717, 1.165) is 25.7 Å². The monoisotopic (exact) mass is 302 g/mol. The van der Waals surface area contributed by atoms with Crippen molar-refractivity contribution in [2.45, 2.75) is 77.5 Å². The van der Waals surface area contributed by atoms with Crippen molar-refractivity contribution in [3.8, 4) is 0 Å². The topological polar surface area (TPSA) is 73.6 Å². The Morgan fingerprint density at radius 3 is 2.24 bits per heavy atom. The molecule has 0 aliphatic rings. The smallest absolute Gasteiger partial charge is 0.237 e. The average Bonchev–Trinajstić information content (AvgIpc) is 2.36. The number of carbonyl (C=O) groups is 1. The van der Waals surface area contributed by atoms with E-state index in [1.807, 2.05) is 34.6 Å². The number of ether oxygens (including phenoxy) is 2. The van der Waals surface area contributed by atoms with Crippen molar-refractivity contribution in [1.82, 2.24) is 5.32 Å². The van der Waals surface area contributed by atoms with Crippen LogP contribution in [0.2, 0.25) is 0 Å². The Balaban J connectivity index is 3.85. The van der Waals surface area contributed by atoms with Crippen LogP contribution in [0.1, 0.15) is 60.3 Å². The zero-order valence-electron chi connectivity index (χ0n) is 14.6. The number of carbonyl (C=O) groups excluding carboxylic acids is 1. The van der Waals surface area contributed by atoms with Crippen molar-refractivity contribution >= 4 is 5.91 Å². The molecule has 0 radical (unpaired) electrons. The molecule has 0 heterocycles.